The van der Waals surface area contributed by atoms with Gasteiger partial charge < -0.3 is 10.0 Å². The van der Waals surface area contributed by atoms with Crippen LogP contribution in [0.3, 0.4) is 0 Å². The van der Waals surface area contributed by atoms with E-state index in [0.29, 0.717) is 0 Å². The smallest absolute Gasteiger partial charge is 0.305 e. The highest BCUT2D eigenvalue weighted by Crippen LogP contribution is 2.16. The van der Waals surface area contributed by atoms with Crippen LogP contribution in [0.15, 0.2) is 18.2 Å². The number of benzene rings is 1. The Morgan fingerprint density at radius 1 is 1.47 bits per heavy atom. The number of carbonyl (C=O) groups excluding carboxylic acids is 1. The maximum absolute atomic E-state index is 13.1. The molecule has 0 aromatic heterocycles. The molecule has 0 radical (unpaired) electrons. The summed E-state index contributed by atoms with van der Waals surface area (Å²) in [7, 11) is 1.46. The lowest BCUT2D eigenvalue weighted by molar-refractivity contribution is -0.137. The Bertz CT molecular complexity index is 450. The molecular formula is C11H11ClFNO3. The van der Waals surface area contributed by atoms with E-state index in [9.17, 15) is 14.0 Å². The van der Waals surface area contributed by atoms with E-state index in [0.717, 1.165) is 6.07 Å². The molecule has 1 amide bonds. The largest absolute Gasteiger partial charge is 0.481 e. The van der Waals surface area contributed by atoms with Crippen LogP contribution >= 0.6 is 11.6 Å². The Morgan fingerprint density at radius 2 is 2.12 bits per heavy atom. The Hall–Kier alpha value is -1.62. The van der Waals surface area contributed by atoms with Gasteiger partial charge in [0.2, 0.25) is 0 Å². The first kappa shape index (κ1) is 13.4. The second kappa shape index (κ2) is 5.63. The zero-order valence-electron chi connectivity index (χ0n) is 9.11. The molecule has 0 heterocycles. The summed E-state index contributed by atoms with van der Waals surface area (Å²) >= 11 is 5.49. The number of hydrogen-bond acceptors (Lipinski definition) is 2. The number of carboxylic acid groups (broad SMARTS) is 1. The molecule has 0 aliphatic rings. The van der Waals surface area contributed by atoms with Crippen LogP contribution in [0.5, 0.6) is 0 Å². The third-order valence-electron chi connectivity index (χ3n) is 2.17. The van der Waals surface area contributed by atoms with Gasteiger partial charge in [-0.1, -0.05) is 11.6 Å². The molecule has 0 unspecified atom stereocenters. The van der Waals surface area contributed by atoms with Crippen LogP contribution in [-0.2, 0) is 4.79 Å². The topological polar surface area (TPSA) is 57.6 Å². The van der Waals surface area contributed by atoms with Crippen molar-refractivity contribution in [1.82, 2.24) is 4.90 Å². The normalized spacial score (nSPS) is 10.1. The van der Waals surface area contributed by atoms with E-state index in [2.05, 4.69) is 0 Å². The molecule has 0 aliphatic heterocycles. The quantitative estimate of drug-likeness (QED) is 0.900. The fraction of sp³-hybridized carbons (Fsp3) is 0.273. The van der Waals surface area contributed by atoms with Crippen LogP contribution in [-0.4, -0.2) is 35.5 Å². The van der Waals surface area contributed by atoms with Gasteiger partial charge in [-0.25, -0.2) is 4.39 Å². The van der Waals surface area contributed by atoms with Crippen LogP contribution in [0.4, 0.5) is 4.39 Å². The highest BCUT2D eigenvalue weighted by Gasteiger charge is 2.14. The van der Waals surface area contributed by atoms with Gasteiger partial charge in [0.1, 0.15) is 5.82 Å². The molecule has 1 aromatic carbocycles. The number of carboxylic acids is 1. The van der Waals surface area contributed by atoms with E-state index in [1.807, 2.05) is 0 Å². The van der Waals surface area contributed by atoms with Crippen molar-refractivity contribution in [2.45, 2.75) is 6.42 Å². The van der Waals surface area contributed by atoms with Gasteiger partial charge >= 0.3 is 5.97 Å². The van der Waals surface area contributed by atoms with E-state index >= 15 is 0 Å². The predicted octanol–water partition coefficient (Wildman–Crippen LogP) is 2.03. The summed E-state index contributed by atoms with van der Waals surface area (Å²) in [6, 6.07) is 3.71. The Labute approximate surface area is 103 Å². The van der Waals surface area contributed by atoms with E-state index in [1.54, 1.807) is 0 Å². The van der Waals surface area contributed by atoms with Crippen molar-refractivity contribution in [3.8, 4) is 0 Å². The molecule has 92 valence electrons. The van der Waals surface area contributed by atoms with Crippen LogP contribution in [0, 0.1) is 5.82 Å². The van der Waals surface area contributed by atoms with E-state index in [4.69, 9.17) is 16.7 Å². The average Bonchev–Trinajstić information content (AvgIpc) is 2.28. The monoisotopic (exact) mass is 259 g/mol. The fourth-order valence-electron chi connectivity index (χ4n) is 1.21. The fourth-order valence-corrected chi connectivity index (χ4v) is 1.33. The first-order chi connectivity index (χ1) is 7.91. The molecule has 0 saturated carbocycles. The summed E-state index contributed by atoms with van der Waals surface area (Å²) in [5, 5.41) is 8.42. The standard InChI is InChI=1S/C11H11ClFNO3/c1-14(5-4-10(15)16)11(17)7-2-3-8(12)9(13)6-7/h2-3,6H,4-5H2,1H3,(H,15,16). The van der Waals surface area contributed by atoms with Gasteiger partial charge in [0, 0.05) is 19.2 Å². The second-order valence-corrected chi connectivity index (χ2v) is 3.91. The molecule has 17 heavy (non-hydrogen) atoms. The molecule has 1 rings (SSSR count). The molecule has 1 N–H and O–H groups in total. The van der Waals surface area contributed by atoms with Crippen LogP contribution in [0.2, 0.25) is 5.02 Å². The van der Waals surface area contributed by atoms with Crippen molar-refractivity contribution in [2.75, 3.05) is 13.6 Å². The lowest BCUT2D eigenvalue weighted by Gasteiger charge is -2.16. The van der Waals surface area contributed by atoms with E-state index in [1.165, 1.54) is 24.1 Å². The number of carbonyl (C=O) groups is 2. The minimum Gasteiger partial charge on any atom is -0.481 e. The lowest BCUT2D eigenvalue weighted by Crippen LogP contribution is -2.29. The van der Waals surface area contributed by atoms with Crippen molar-refractivity contribution in [1.29, 1.82) is 0 Å². The zero-order chi connectivity index (χ0) is 13.0. The molecule has 4 nitrogen and oxygen atoms in total. The molecule has 0 bridgehead atoms. The number of rotatable bonds is 4. The molecule has 1 aromatic rings. The zero-order valence-corrected chi connectivity index (χ0v) is 9.87. The molecule has 0 fully saturated rings. The molecule has 0 atom stereocenters. The number of hydrogen-bond donors (Lipinski definition) is 1. The Morgan fingerprint density at radius 3 is 2.65 bits per heavy atom. The van der Waals surface area contributed by atoms with Gasteiger partial charge in [-0.2, -0.15) is 0 Å². The summed E-state index contributed by atoms with van der Waals surface area (Å²) < 4.78 is 13.1. The molecule has 0 saturated heterocycles. The van der Waals surface area contributed by atoms with Gasteiger partial charge in [0.15, 0.2) is 0 Å². The molecule has 0 spiro atoms. The highest BCUT2D eigenvalue weighted by atomic mass is 35.5. The third kappa shape index (κ3) is 3.71. The molecule has 0 aliphatic carbocycles. The number of amides is 1. The van der Waals surface area contributed by atoms with Gasteiger partial charge in [-0.3, -0.25) is 9.59 Å². The number of nitrogens with zero attached hydrogens (tertiary/aromatic N) is 1. The van der Waals surface area contributed by atoms with Gasteiger partial charge in [0.05, 0.1) is 11.4 Å². The van der Waals surface area contributed by atoms with Crippen molar-refractivity contribution < 1.29 is 19.1 Å². The summed E-state index contributed by atoms with van der Waals surface area (Å²) in [4.78, 5) is 23.3. The van der Waals surface area contributed by atoms with Gasteiger partial charge in [0.25, 0.3) is 5.91 Å². The summed E-state index contributed by atoms with van der Waals surface area (Å²) in [6.07, 6.45) is -0.154. The summed E-state index contributed by atoms with van der Waals surface area (Å²) in [6.45, 7) is 0.0679. The molecule has 6 heteroatoms. The van der Waals surface area contributed by atoms with Crippen molar-refractivity contribution >= 4 is 23.5 Å². The Kier molecular flexibility index (Phi) is 4.45. The maximum atomic E-state index is 13.1. The van der Waals surface area contributed by atoms with Gasteiger partial charge in [-0.05, 0) is 18.2 Å². The minimum atomic E-state index is -0.994. The second-order valence-electron chi connectivity index (χ2n) is 3.50. The highest BCUT2D eigenvalue weighted by molar-refractivity contribution is 6.30. The van der Waals surface area contributed by atoms with Crippen molar-refractivity contribution in [2.24, 2.45) is 0 Å². The average molecular weight is 260 g/mol. The number of halogens is 2. The predicted molar refractivity (Wildman–Crippen MR) is 60.6 cm³/mol. The SMILES string of the molecule is CN(CCC(=O)O)C(=O)c1ccc(Cl)c(F)c1. The Balaban J connectivity index is 2.74. The van der Waals surface area contributed by atoms with E-state index < -0.39 is 17.7 Å². The summed E-state index contributed by atoms with van der Waals surface area (Å²) in [5.41, 5.74) is 0.139. The first-order valence-corrected chi connectivity index (χ1v) is 5.22. The van der Waals surface area contributed by atoms with Gasteiger partial charge in [-0.15, -0.1) is 0 Å². The van der Waals surface area contributed by atoms with Crippen LogP contribution in [0.1, 0.15) is 16.8 Å². The third-order valence-corrected chi connectivity index (χ3v) is 2.48. The van der Waals surface area contributed by atoms with Crippen molar-refractivity contribution in [3.63, 3.8) is 0 Å². The first-order valence-electron chi connectivity index (χ1n) is 4.84. The minimum absolute atomic E-state index is 0.0604. The lowest BCUT2D eigenvalue weighted by atomic mass is 10.2. The van der Waals surface area contributed by atoms with Crippen molar-refractivity contribution in [3.05, 3.63) is 34.6 Å². The van der Waals surface area contributed by atoms with E-state index in [-0.39, 0.29) is 23.6 Å². The number of aliphatic carboxylic acids is 1. The summed E-state index contributed by atoms with van der Waals surface area (Å²) in [5.74, 6) is -2.11. The molecular weight excluding hydrogens is 249 g/mol. The maximum Gasteiger partial charge on any atom is 0.305 e. The van der Waals surface area contributed by atoms with Crippen LogP contribution < -0.4 is 0 Å². The van der Waals surface area contributed by atoms with Crippen LogP contribution in [0.25, 0.3) is 0 Å².